The number of carbonyl (C=O) groups is 2. The molecule has 7 heteroatoms. The molecule has 1 N–H and O–H groups in total. The molecule has 0 bridgehead atoms. The SMILES string of the molecule is COC(=O)c1ccc(NC(=O)c2cc(-c3ccc4c(c3)C[C@@H](C)O4)on2)cc1. The van der Waals surface area contributed by atoms with Crippen LogP contribution in [0, 0.1) is 0 Å². The predicted octanol–water partition coefficient (Wildman–Crippen LogP) is 3.70. The minimum Gasteiger partial charge on any atom is -0.490 e. The fraction of sp³-hybridized carbons (Fsp3) is 0.190. The number of amides is 1. The summed E-state index contributed by atoms with van der Waals surface area (Å²) in [5.41, 5.74) is 3.05. The summed E-state index contributed by atoms with van der Waals surface area (Å²) in [6.45, 7) is 2.02. The maximum atomic E-state index is 12.4. The number of fused-ring (bicyclic) bond motifs is 1. The van der Waals surface area contributed by atoms with Crippen LogP contribution in [0.1, 0.15) is 33.3 Å². The summed E-state index contributed by atoms with van der Waals surface area (Å²) < 4.78 is 15.7. The molecule has 0 spiro atoms. The Labute approximate surface area is 161 Å². The summed E-state index contributed by atoms with van der Waals surface area (Å²) in [5, 5.41) is 6.58. The van der Waals surface area contributed by atoms with Gasteiger partial charge < -0.3 is 19.3 Å². The van der Waals surface area contributed by atoms with Crippen LogP contribution in [0.2, 0.25) is 0 Å². The molecule has 2 aromatic carbocycles. The maximum Gasteiger partial charge on any atom is 0.337 e. The molecule has 1 aromatic heterocycles. The Kier molecular flexibility index (Phi) is 4.57. The van der Waals surface area contributed by atoms with Crippen LogP contribution in [-0.2, 0) is 11.2 Å². The van der Waals surface area contributed by atoms with Crippen molar-refractivity contribution in [1.82, 2.24) is 5.16 Å². The van der Waals surface area contributed by atoms with Gasteiger partial charge in [-0.05, 0) is 55.0 Å². The Morgan fingerprint density at radius 3 is 2.68 bits per heavy atom. The summed E-state index contributed by atoms with van der Waals surface area (Å²) in [6, 6.07) is 13.8. The van der Waals surface area contributed by atoms with Gasteiger partial charge in [-0.1, -0.05) is 5.16 Å². The van der Waals surface area contributed by atoms with Crippen molar-refractivity contribution >= 4 is 17.6 Å². The van der Waals surface area contributed by atoms with Gasteiger partial charge in [-0.25, -0.2) is 4.79 Å². The van der Waals surface area contributed by atoms with Crippen molar-refractivity contribution in [3.05, 3.63) is 65.4 Å². The van der Waals surface area contributed by atoms with Gasteiger partial charge in [0.25, 0.3) is 5.91 Å². The van der Waals surface area contributed by atoms with E-state index in [2.05, 4.69) is 15.2 Å². The molecule has 1 atom stereocenters. The highest BCUT2D eigenvalue weighted by molar-refractivity contribution is 6.03. The van der Waals surface area contributed by atoms with Gasteiger partial charge in [0.05, 0.1) is 12.7 Å². The van der Waals surface area contributed by atoms with Crippen molar-refractivity contribution < 1.29 is 23.6 Å². The summed E-state index contributed by atoms with van der Waals surface area (Å²) in [5.74, 6) is 0.546. The van der Waals surface area contributed by atoms with Crippen molar-refractivity contribution in [2.75, 3.05) is 12.4 Å². The zero-order valence-electron chi connectivity index (χ0n) is 15.4. The van der Waals surface area contributed by atoms with Crippen LogP contribution < -0.4 is 10.1 Å². The van der Waals surface area contributed by atoms with E-state index in [9.17, 15) is 9.59 Å². The number of nitrogens with one attached hydrogen (secondary N) is 1. The van der Waals surface area contributed by atoms with Crippen LogP contribution in [0.4, 0.5) is 5.69 Å². The van der Waals surface area contributed by atoms with Crippen molar-refractivity contribution in [1.29, 1.82) is 0 Å². The van der Waals surface area contributed by atoms with E-state index >= 15 is 0 Å². The van der Waals surface area contributed by atoms with E-state index in [1.165, 1.54) is 7.11 Å². The zero-order valence-corrected chi connectivity index (χ0v) is 15.4. The highest BCUT2D eigenvalue weighted by atomic mass is 16.5. The van der Waals surface area contributed by atoms with Gasteiger partial charge in [0, 0.05) is 23.7 Å². The molecule has 142 valence electrons. The molecule has 7 nitrogen and oxygen atoms in total. The van der Waals surface area contributed by atoms with E-state index in [-0.39, 0.29) is 11.8 Å². The maximum absolute atomic E-state index is 12.4. The van der Waals surface area contributed by atoms with Gasteiger partial charge in [-0.3, -0.25) is 4.79 Å². The number of esters is 1. The van der Waals surface area contributed by atoms with Crippen molar-refractivity contribution in [3.8, 4) is 17.1 Å². The lowest BCUT2D eigenvalue weighted by atomic mass is 10.1. The first-order chi connectivity index (χ1) is 13.5. The summed E-state index contributed by atoms with van der Waals surface area (Å²) in [4.78, 5) is 23.9. The number of benzene rings is 2. The van der Waals surface area contributed by atoms with E-state index in [0.29, 0.717) is 17.0 Å². The van der Waals surface area contributed by atoms with Crippen LogP contribution >= 0.6 is 0 Å². The van der Waals surface area contributed by atoms with Crippen molar-refractivity contribution in [2.45, 2.75) is 19.4 Å². The van der Waals surface area contributed by atoms with Crippen LogP contribution in [0.15, 0.2) is 53.1 Å². The molecule has 0 aliphatic carbocycles. The number of ether oxygens (including phenoxy) is 2. The third kappa shape index (κ3) is 3.46. The molecule has 0 radical (unpaired) electrons. The number of rotatable bonds is 4. The Hall–Kier alpha value is -3.61. The van der Waals surface area contributed by atoms with Gasteiger partial charge in [-0.15, -0.1) is 0 Å². The topological polar surface area (TPSA) is 90.7 Å². The highest BCUT2D eigenvalue weighted by Crippen LogP contribution is 2.33. The van der Waals surface area contributed by atoms with Gasteiger partial charge in [0.2, 0.25) is 0 Å². The number of hydrogen-bond acceptors (Lipinski definition) is 6. The largest absolute Gasteiger partial charge is 0.490 e. The monoisotopic (exact) mass is 378 g/mol. The second-order valence-corrected chi connectivity index (χ2v) is 6.55. The number of carbonyl (C=O) groups excluding carboxylic acids is 2. The fourth-order valence-corrected chi connectivity index (χ4v) is 3.10. The third-order valence-corrected chi connectivity index (χ3v) is 4.49. The van der Waals surface area contributed by atoms with Crippen LogP contribution in [0.3, 0.4) is 0 Å². The van der Waals surface area contributed by atoms with Crippen LogP contribution in [0.5, 0.6) is 5.75 Å². The van der Waals surface area contributed by atoms with Gasteiger partial charge >= 0.3 is 5.97 Å². The van der Waals surface area contributed by atoms with Crippen LogP contribution in [0.25, 0.3) is 11.3 Å². The lowest BCUT2D eigenvalue weighted by Gasteiger charge is -2.04. The molecular formula is C21H18N2O5. The summed E-state index contributed by atoms with van der Waals surface area (Å²) in [6.07, 6.45) is 0.999. The van der Waals surface area contributed by atoms with E-state index in [4.69, 9.17) is 9.26 Å². The highest BCUT2D eigenvalue weighted by Gasteiger charge is 2.21. The minimum atomic E-state index is -0.437. The number of hydrogen-bond donors (Lipinski definition) is 1. The molecule has 0 unspecified atom stereocenters. The standard InChI is InChI=1S/C21H18N2O5/c1-12-9-15-10-14(5-8-18(15)27-12)19-11-17(23-28-19)20(24)22-16-6-3-13(4-7-16)21(25)26-2/h3-8,10-12H,9H2,1-2H3,(H,22,24)/t12-/m1/s1. The predicted molar refractivity (Wildman–Crippen MR) is 101 cm³/mol. The van der Waals surface area contributed by atoms with Crippen LogP contribution in [-0.4, -0.2) is 30.2 Å². The number of anilines is 1. The molecule has 3 aromatic rings. The molecule has 4 rings (SSSR count). The quantitative estimate of drug-likeness (QED) is 0.696. The van der Waals surface area contributed by atoms with E-state index in [1.807, 2.05) is 25.1 Å². The Morgan fingerprint density at radius 1 is 1.14 bits per heavy atom. The lowest BCUT2D eigenvalue weighted by Crippen LogP contribution is -2.12. The number of nitrogens with zero attached hydrogens (tertiary/aromatic N) is 1. The lowest BCUT2D eigenvalue weighted by molar-refractivity contribution is 0.0600. The smallest absolute Gasteiger partial charge is 0.337 e. The minimum absolute atomic E-state index is 0.159. The van der Waals surface area contributed by atoms with Crippen molar-refractivity contribution in [2.24, 2.45) is 0 Å². The molecule has 1 aliphatic heterocycles. The normalized spacial score (nSPS) is 14.9. The Balaban J connectivity index is 1.48. The first-order valence-corrected chi connectivity index (χ1v) is 8.80. The Bertz CT molecular complexity index is 1040. The Morgan fingerprint density at radius 2 is 1.93 bits per heavy atom. The van der Waals surface area contributed by atoms with E-state index in [1.54, 1.807) is 30.3 Å². The molecule has 1 amide bonds. The third-order valence-electron chi connectivity index (χ3n) is 4.49. The number of methoxy groups -OCH3 is 1. The van der Waals surface area contributed by atoms with Gasteiger partial charge in [-0.2, -0.15) is 0 Å². The zero-order chi connectivity index (χ0) is 19.7. The van der Waals surface area contributed by atoms with Gasteiger partial charge in [0.1, 0.15) is 11.9 Å². The average molecular weight is 378 g/mol. The van der Waals surface area contributed by atoms with E-state index in [0.717, 1.165) is 23.3 Å². The van der Waals surface area contributed by atoms with Gasteiger partial charge in [0.15, 0.2) is 11.5 Å². The second kappa shape index (κ2) is 7.19. The van der Waals surface area contributed by atoms with E-state index < -0.39 is 11.9 Å². The van der Waals surface area contributed by atoms with Crippen molar-refractivity contribution in [3.63, 3.8) is 0 Å². The molecule has 0 saturated heterocycles. The first kappa shape index (κ1) is 17.8. The summed E-state index contributed by atoms with van der Waals surface area (Å²) in [7, 11) is 1.31. The average Bonchev–Trinajstić information content (AvgIpc) is 3.33. The summed E-state index contributed by atoms with van der Waals surface area (Å²) >= 11 is 0. The first-order valence-electron chi connectivity index (χ1n) is 8.80. The molecule has 0 fully saturated rings. The molecule has 28 heavy (non-hydrogen) atoms. The second-order valence-electron chi connectivity index (χ2n) is 6.55. The molecule has 2 heterocycles. The molecular weight excluding hydrogens is 360 g/mol. The number of aromatic nitrogens is 1. The molecule has 0 saturated carbocycles. The fourth-order valence-electron chi connectivity index (χ4n) is 3.10. The molecule has 1 aliphatic rings.